The Kier molecular flexibility index (Phi) is 16.0. The molecule has 0 bridgehead atoms. The van der Waals surface area contributed by atoms with E-state index in [1.54, 1.807) is 30.3 Å². The van der Waals surface area contributed by atoms with Gasteiger partial charge in [-0.05, 0) is 71.3 Å². The van der Waals surface area contributed by atoms with Crippen molar-refractivity contribution in [2.24, 2.45) is 10.2 Å². The van der Waals surface area contributed by atoms with Gasteiger partial charge in [0, 0.05) is 16.7 Å². The van der Waals surface area contributed by atoms with Gasteiger partial charge in [0.25, 0.3) is 0 Å². The summed E-state index contributed by atoms with van der Waals surface area (Å²) in [6.07, 6.45) is 1.65. The van der Waals surface area contributed by atoms with Crippen LogP contribution in [0.5, 0.6) is 11.5 Å². The predicted molar refractivity (Wildman–Crippen MR) is 192 cm³/mol. The number of fused-ring (bicyclic) bond motifs is 2. The number of benzene rings is 4. The van der Waals surface area contributed by atoms with Gasteiger partial charge in [-0.3, -0.25) is 20.4 Å². The number of anilines is 2. The molecule has 0 aliphatic heterocycles. The van der Waals surface area contributed by atoms with Gasteiger partial charge in [-0.2, -0.15) is 10.2 Å². The van der Waals surface area contributed by atoms with Crippen LogP contribution in [-0.4, -0.2) is 76.1 Å². The van der Waals surface area contributed by atoms with E-state index in [4.69, 9.17) is 9.47 Å². The molecule has 0 aromatic heterocycles. The summed E-state index contributed by atoms with van der Waals surface area (Å²) in [7, 11) is -12.5. The summed E-state index contributed by atoms with van der Waals surface area (Å²) in [4.78, 5) is 23.9. The Morgan fingerprint density at radius 1 is 0.561 bits per heavy atom. The zero-order valence-corrected chi connectivity index (χ0v) is 39.0. The minimum atomic E-state index is -5.33. The number of hydrazone groups is 2. The van der Waals surface area contributed by atoms with Crippen molar-refractivity contribution in [1.29, 1.82) is 0 Å². The number of hydrogen-bond acceptors (Lipinski definition) is 17. The molecule has 6 rings (SSSR count). The summed E-state index contributed by atoms with van der Waals surface area (Å²) in [5.74, 6) is -1.25. The number of Topliss-reactive ketones (excluding diaryl/α,β-unsaturated/α-hetero) is 2. The number of methoxy groups -OCH3 is 2. The first-order chi connectivity index (χ1) is 25.4. The SMILES string of the molecule is COc1cc(-c2ccc(N/N=C3\C(=O)c4ccc(S(=O)(=O)[O-])cc4C=C3S(=O)(=O)[O-])c(OC)c2)ccc1N/N=C1\C=C(S(=O)(=O)[O-])c2ccccc2C1=O.[Na+].[Na+].[Na+]. The van der Waals surface area contributed by atoms with Gasteiger partial charge in [0.1, 0.15) is 53.3 Å². The van der Waals surface area contributed by atoms with Crippen molar-refractivity contribution in [1.82, 2.24) is 0 Å². The predicted octanol–water partition coefficient (Wildman–Crippen LogP) is -5.61. The number of hydrogen-bond donors (Lipinski definition) is 2. The number of carbonyl (C=O) groups excluding carboxylic acids is 2. The molecule has 0 heterocycles. The first-order valence-electron chi connectivity index (χ1n) is 15.1. The van der Waals surface area contributed by atoms with Crippen molar-refractivity contribution < 1.29 is 147 Å². The second-order valence-electron chi connectivity index (χ2n) is 11.3. The van der Waals surface area contributed by atoms with E-state index >= 15 is 0 Å². The normalized spacial score (nSPS) is 15.1. The Bertz CT molecular complexity index is 2770. The molecule has 278 valence electrons. The average Bonchev–Trinajstić information content (AvgIpc) is 3.12. The van der Waals surface area contributed by atoms with Crippen molar-refractivity contribution in [3.05, 3.63) is 112 Å². The molecule has 4 aromatic rings. The Morgan fingerprint density at radius 2 is 1.09 bits per heavy atom. The smallest absolute Gasteiger partial charge is 0.744 e. The van der Waals surface area contributed by atoms with Gasteiger partial charge in [-0.25, -0.2) is 25.3 Å². The molecule has 0 saturated heterocycles. The molecule has 0 fully saturated rings. The van der Waals surface area contributed by atoms with Gasteiger partial charge >= 0.3 is 88.7 Å². The van der Waals surface area contributed by atoms with Crippen LogP contribution in [0.4, 0.5) is 11.4 Å². The van der Waals surface area contributed by atoms with E-state index in [0.29, 0.717) is 11.1 Å². The van der Waals surface area contributed by atoms with Crippen LogP contribution in [0.3, 0.4) is 0 Å². The maximum Gasteiger partial charge on any atom is 1.00 e. The van der Waals surface area contributed by atoms with E-state index < -0.39 is 62.3 Å². The zero-order valence-electron chi connectivity index (χ0n) is 30.6. The largest absolute Gasteiger partial charge is 1.00 e. The van der Waals surface area contributed by atoms with E-state index in [0.717, 1.165) is 30.4 Å². The van der Waals surface area contributed by atoms with Gasteiger partial charge in [0.2, 0.25) is 11.6 Å². The summed E-state index contributed by atoms with van der Waals surface area (Å²) >= 11 is 0. The van der Waals surface area contributed by atoms with Crippen LogP contribution >= 0.6 is 0 Å². The summed E-state index contributed by atoms with van der Waals surface area (Å²) in [5.41, 5.74) is 5.10. The van der Waals surface area contributed by atoms with Crippen molar-refractivity contribution in [2.75, 3.05) is 25.1 Å². The molecule has 2 aliphatic carbocycles. The molecule has 23 heteroatoms. The average molecular weight is 861 g/mol. The summed E-state index contributed by atoms with van der Waals surface area (Å²) in [5, 5.41) is 7.94. The first kappa shape index (κ1) is 48.3. The number of nitrogens with zero attached hydrogens (tertiary/aromatic N) is 2. The molecule has 17 nitrogen and oxygen atoms in total. The van der Waals surface area contributed by atoms with E-state index in [2.05, 4.69) is 21.1 Å². The minimum absolute atomic E-state index is 0. The molecule has 4 aromatic carbocycles. The molecule has 0 unspecified atom stereocenters. The Hall–Kier alpha value is -3.03. The topological polar surface area (TPSA) is 273 Å². The number of ketones is 2. The molecule has 2 N–H and O–H groups in total. The van der Waals surface area contributed by atoms with Gasteiger partial charge < -0.3 is 23.1 Å². The molecule has 0 spiro atoms. The van der Waals surface area contributed by atoms with E-state index in [1.165, 1.54) is 44.6 Å². The number of ether oxygens (including phenoxy) is 2. The maximum absolute atomic E-state index is 13.2. The van der Waals surface area contributed by atoms with Crippen LogP contribution in [0.15, 0.2) is 105 Å². The van der Waals surface area contributed by atoms with Gasteiger partial charge in [-0.15, -0.1) is 0 Å². The monoisotopic (exact) mass is 860 g/mol. The number of rotatable bonds is 10. The van der Waals surface area contributed by atoms with Gasteiger partial charge in [0.15, 0.2) is 0 Å². The standard InChI is InChI=1S/C34H26N4O13S3.3Na/c1-50-28-14-18(7-11-25(28)35-37-27-17-30(53(44,45)46)23-5-3-4-6-24(23)33(27)39)19-8-12-26(29(15-19)51-2)36-38-32-31(54(47,48)49)16-20-13-21(52(41,42)43)9-10-22(20)34(32)40;;;/h3-17,35-36H,1-2H3,(H,41,42,43)(H,44,45,46)(H,47,48,49);;;/q;3*+1/p-3/b37-27+,38-32-;;;. The fourth-order valence-corrected chi connectivity index (χ4v) is 7.38. The Balaban J connectivity index is 0.00000290. The third kappa shape index (κ3) is 10.4. The maximum atomic E-state index is 13.2. The molecule has 2 aliphatic rings. The molecule has 0 saturated carbocycles. The molecule has 57 heavy (non-hydrogen) atoms. The third-order valence-corrected chi connectivity index (χ3v) is 10.6. The van der Waals surface area contributed by atoms with Crippen LogP contribution in [-0.2, 0) is 30.4 Å². The molecular formula is C34H23N4Na3O13S3. The second kappa shape index (κ2) is 18.9. The fraction of sp³-hybridized carbons (Fsp3) is 0.0588. The van der Waals surface area contributed by atoms with Crippen molar-refractivity contribution in [2.45, 2.75) is 4.90 Å². The summed E-state index contributed by atoms with van der Waals surface area (Å²) < 4.78 is 117. The van der Waals surface area contributed by atoms with Crippen LogP contribution < -0.4 is 109 Å². The van der Waals surface area contributed by atoms with Crippen LogP contribution in [0.1, 0.15) is 31.8 Å². The molecule has 0 atom stereocenters. The number of allylic oxidation sites excluding steroid dienone is 2. The quantitative estimate of drug-likeness (QED) is 0.0855. The molecule has 0 radical (unpaired) electrons. The second-order valence-corrected chi connectivity index (χ2v) is 15.4. The van der Waals surface area contributed by atoms with Crippen LogP contribution in [0.2, 0.25) is 0 Å². The third-order valence-electron chi connectivity index (χ3n) is 8.09. The van der Waals surface area contributed by atoms with Crippen molar-refractivity contribution in [3.63, 3.8) is 0 Å². The van der Waals surface area contributed by atoms with E-state index in [1.807, 2.05) is 0 Å². The van der Waals surface area contributed by atoms with Gasteiger partial charge in [0.05, 0.1) is 40.3 Å². The molecule has 0 amide bonds. The number of carbonyl (C=O) groups is 2. The molecular weight excluding hydrogens is 838 g/mol. The summed E-state index contributed by atoms with van der Waals surface area (Å²) in [6.45, 7) is 0. The number of nitrogens with one attached hydrogen (secondary N) is 2. The van der Waals surface area contributed by atoms with Crippen LogP contribution in [0, 0.1) is 0 Å². The Labute approximate surface area is 392 Å². The fourth-order valence-electron chi connectivity index (χ4n) is 5.52. The van der Waals surface area contributed by atoms with E-state index in [-0.39, 0.29) is 140 Å². The summed E-state index contributed by atoms with van der Waals surface area (Å²) in [6, 6.07) is 17.8. The van der Waals surface area contributed by atoms with Crippen molar-refractivity contribution in [3.8, 4) is 22.6 Å². The first-order valence-corrected chi connectivity index (χ1v) is 19.3. The van der Waals surface area contributed by atoms with Gasteiger partial charge in [-0.1, -0.05) is 36.4 Å². The van der Waals surface area contributed by atoms with Crippen LogP contribution in [0.25, 0.3) is 22.1 Å². The minimum Gasteiger partial charge on any atom is -0.744 e. The van der Waals surface area contributed by atoms with Crippen molar-refractivity contribution >= 4 is 75.7 Å². The van der Waals surface area contributed by atoms with E-state index in [9.17, 15) is 48.5 Å². The Morgan fingerprint density at radius 3 is 1.60 bits per heavy atom. The zero-order chi connectivity index (χ0) is 39.2.